The molecule has 1 aliphatic carbocycles. The Morgan fingerprint density at radius 1 is 1.50 bits per heavy atom. The van der Waals surface area contributed by atoms with Crippen LogP contribution in [0.1, 0.15) is 31.7 Å². The minimum Gasteiger partial charge on any atom is -0.381 e. The van der Waals surface area contributed by atoms with E-state index in [1.165, 1.54) is 25.0 Å². The summed E-state index contributed by atoms with van der Waals surface area (Å²) >= 11 is 7.93. The average molecular weight is 281 g/mol. The van der Waals surface area contributed by atoms with Gasteiger partial charge in [-0.3, -0.25) is 0 Å². The van der Waals surface area contributed by atoms with Crippen molar-refractivity contribution in [3.63, 3.8) is 0 Å². The van der Waals surface area contributed by atoms with Crippen molar-refractivity contribution in [1.82, 2.24) is 0 Å². The molecule has 96 valence electrons. The maximum Gasteiger partial charge on any atom is 0.101 e. The number of nitriles is 1. The molecule has 1 aromatic rings. The van der Waals surface area contributed by atoms with Gasteiger partial charge in [-0.25, -0.2) is 0 Å². The van der Waals surface area contributed by atoms with E-state index in [0.29, 0.717) is 16.6 Å². The van der Waals surface area contributed by atoms with Gasteiger partial charge in [0, 0.05) is 16.3 Å². The molecule has 2 rings (SSSR count). The van der Waals surface area contributed by atoms with Gasteiger partial charge in [0.05, 0.1) is 11.3 Å². The fourth-order valence-electron chi connectivity index (χ4n) is 2.41. The lowest BCUT2D eigenvalue weighted by Crippen LogP contribution is -2.16. The van der Waals surface area contributed by atoms with E-state index in [2.05, 4.69) is 18.3 Å². The van der Waals surface area contributed by atoms with Gasteiger partial charge in [-0.2, -0.15) is 17.0 Å². The van der Waals surface area contributed by atoms with E-state index in [-0.39, 0.29) is 0 Å². The SMILES string of the molecule is CCSC1CCC(Nc2ccc(Cl)cc2C#N)C1. The van der Waals surface area contributed by atoms with Crippen LogP contribution in [0.3, 0.4) is 0 Å². The van der Waals surface area contributed by atoms with Crippen LogP contribution in [0.25, 0.3) is 0 Å². The van der Waals surface area contributed by atoms with Crippen LogP contribution in [0.15, 0.2) is 18.2 Å². The predicted octanol–water partition coefficient (Wildman–Crippen LogP) is 4.30. The summed E-state index contributed by atoms with van der Waals surface area (Å²) in [6.45, 7) is 2.21. The van der Waals surface area contributed by atoms with Crippen molar-refractivity contribution >= 4 is 29.1 Å². The molecule has 1 aromatic carbocycles. The maximum absolute atomic E-state index is 9.10. The van der Waals surface area contributed by atoms with Crippen LogP contribution in [0.5, 0.6) is 0 Å². The number of hydrogen-bond donors (Lipinski definition) is 1. The molecule has 0 amide bonds. The molecule has 4 heteroatoms. The van der Waals surface area contributed by atoms with E-state index in [0.717, 1.165) is 10.9 Å². The van der Waals surface area contributed by atoms with E-state index in [1.54, 1.807) is 6.07 Å². The van der Waals surface area contributed by atoms with E-state index in [9.17, 15) is 0 Å². The van der Waals surface area contributed by atoms with Gasteiger partial charge in [-0.15, -0.1) is 0 Å². The van der Waals surface area contributed by atoms with Gasteiger partial charge in [0.25, 0.3) is 0 Å². The maximum atomic E-state index is 9.10. The zero-order valence-electron chi connectivity index (χ0n) is 10.4. The molecule has 1 N–H and O–H groups in total. The minimum absolute atomic E-state index is 0.488. The normalized spacial score (nSPS) is 22.7. The molecule has 0 heterocycles. The summed E-state index contributed by atoms with van der Waals surface area (Å²) in [6, 6.07) is 8.14. The first-order valence-electron chi connectivity index (χ1n) is 6.30. The zero-order chi connectivity index (χ0) is 13.0. The Bertz CT molecular complexity index is 456. The highest BCUT2D eigenvalue weighted by Crippen LogP contribution is 2.32. The molecule has 0 aliphatic heterocycles. The molecule has 2 nitrogen and oxygen atoms in total. The number of anilines is 1. The lowest BCUT2D eigenvalue weighted by molar-refractivity contribution is 0.756. The van der Waals surface area contributed by atoms with Gasteiger partial charge in [-0.05, 0) is 43.2 Å². The second kappa shape index (κ2) is 6.36. The van der Waals surface area contributed by atoms with Gasteiger partial charge in [0.1, 0.15) is 6.07 Å². The molecular formula is C14H17ClN2S. The number of benzene rings is 1. The fraction of sp³-hybridized carbons (Fsp3) is 0.500. The smallest absolute Gasteiger partial charge is 0.101 e. The molecule has 2 unspecified atom stereocenters. The van der Waals surface area contributed by atoms with Crippen LogP contribution < -0.4 is 5.32 Å². The number of nitrogens with one attached hydrogen (secondary N) is 1. The van der Waals surface area contributed by atoms with Crippen molar-refractivity contribution in [3.05, 3.63) is 28.8 Å². The second-order valence-electron chi connectivity index (χ2n) is 4.53. The van der Waals surface area contributed by atoms with Crippen molar-refractivity contribution in [2.75, 3.05) is 11.1 Å². The average Bonchev–Trinajstić information content (AvgIpc) is 2.79. The van der Waals surface area contributed by atoms with Crippen molar-refractivity contribution in [2.24, 2.45) is 0 Å². The summed E-state index contributed by atoms with van der Waals surface area (Å²) < 4.78 is 0. The number of rotatable bonds is 4. The van der Waals surface area contributed by atoms with Crippen LogP contribution in [0.2, 0.25) is 5.02 Å². The minimum atomic E-state index is 0.488. The Hall–Kier alpha value is -0.850. The molecule has 1 saturated carbocycles. The molecule has 0 radical (unpaired) electrons. The lowest BCUT2D eigenvalue weighted by atomic mass is 10.1. The number of halogens is 1. The highest BCUT2D eigenvalue weighted by molar-refractivity contribution is 7.99. The Labute approximate surface area is 118 Å². The molecule has 0 saturated heterocycles. The molecule has 18 heavy (non-hydrogen) atoms. The van der Waals surface area contributed by atoms with Crippen LogP contribution in [-0.2, 0) is 0 Å². The van der Waals surface area contributed by atoms with Crippen molar-refractivity contribution in [2.45, 2.75) is 37.5 Å². The quantitative estimate of drug-likeness (QED) is 0.893. The van der Waals surface area contributed by atoms with Crippen LogP contribution >= 0.6 is 23.4 Å². The molecule has 1 aliphatic rings. The zero-order valence-corrected chi connectivity index (χ0v) is 12.0. The van der Waals surface area contributed by atoms with Gasteiger partial charge >= 0.3 is 0 Å². The monoisotopic (exact) mass is 280 g/mol. The van der Waals surface area contributed by atoms with E-state index < -0.39 is 0 Å². The van der Waals surface area contributed by atoms with E-state index in [4.69, 9.17) is 16.9 Å². The Balaban J connectivity index is 2.00. The molecule has 2 atom stereocenters. The third kappa shape index (κ3) is 3.34. The third-order valence-corrected chi connectivity index (χ3v) is 4.72. The van der Waals surface area contributed by atoms with Crippen LogP contribution in [-0.4, -0.2) is 17.0 Å². The lowest BCUT2D eigenvalue weighted by Gasteiger charge is -2.15. The molecule has 0 aromatic heterocycles. The third-order valence-electron chi connectivity index (χ3n) is 3.25. The predicted molar refractivity (Wildman–Crippen MR) is 79.3 cm³/mol. The highest BCUT2D eigenvalue weighted by atomic mass is 35.5. The van der Waals surface area contributed by atoms with Crippen LogP contribution in [0.4, 0.5) is 5.69 Å². The number of thioether (sulfide) groups is 1. The topological polar surface area (TPSA) is 35.8 Å². The first-order valence-corrected chi connectivity index (χ1v) is 7.73. The summed E-state index contributed by atoms with van der Waals surface area (Å²) in [6.07, 6.45) is 3.64. The first-order chi connectivity index (χ1) is 8.72. The fourth-order valence-corrected chi connectivity index (χ4v) is 3.73. The summed E-state index contributed by atoms with van der Waals surface area (Å²) in [5, 5.41) is 14.0. The molecule has 0 spiro atoms. The van der Waals surface area contributed by atoms with Gasteiger partial charge in [-0.1, -0.05) is 18.5 Å². The van der Waals surface area contributed by atoms with Gasteiger partial charge in [0.15, 0.2) is 0 Å². The van der Waals surface area contributed by atoms with Gasteiger partial charge < -0.3 is 5.32 Å². The summed E-state index contributed by atoms with van der Waals surface area (Å²) in [7, 11) is 0. The van der Waals surface area contributed by atoms with E-state index in [1.807, 2.05) is 23.9 Å². The van der Waals surface area contributed by atoms with E-state index >= 15 is 0 Å². The van der Waals surface area contributed by atoms with Crippen LogP contribution in [0, 0.1) is 11.3 Å². The van der Waals surface area contributed by atoms with Gasteiger partial charge in [0.2, 0.25) is 0 Å². The Morgan fingerprint density at radius 2 is 2.33 bits per heavy atom. The largest absolute Gasteiger partial charge is 0.381 e. The summed E-state index contributed by atoms with van der Waals surface area (Å²) in [5.74, 6) is 1.18. The Morgan fingerprint density at radius 3 is 3.06 bits per heavy atom. The Kier molecular flexibility index (Phi) is 4.79. The molecule has 0 bridgehead atoms. The van der Waals surface area contributed by atoms with Crippen molar-refractivity contribution < 1.29 is 0 Å². The first kappa shape index (κ1) is 13.6. The summed E-state index contributed by atoms with van der Waals surface area (Å²) in [5.41, 5.74) is 1.54. The standard InChI is InChI=1S/C14H17ClN2S/c1-2-18-13-5-4-12(8-13)17-14-6-3-11(15)7-10(14)9-16/h3,6-7,12-13,17H,2,4-5,8H2,1H3. The number of nitrogens with zero attached hydrogens (tertiary/aromatic N) is 1. The molecule has 1 fully saturated rings. The van der Waals surface area contributed by atoms with Crippen molar-refractivity contribution in [1.29, 1.82) is 5.26 Å². The van der Waals surface area contributed by atoms with Crippen molar-refractivity contribution in [3.8, 4) is 6.07 Å². The number of hydrogen-bond acceptors (Lipinski definition) is 3. The summed E-state index contributed by atoms with van der Waals surface area (Å²) in [4.78, 5) is 0. The molecular weight excluding hydrogens is 264 g/mol. The second-order valence-corrected chi connectivity index (χ2v) is 6.55. The highest BCUT2D eigenvalue weighted by Gasteiger charge is 2.24.